The number of fused-ring (bicyclic) bond motifs is 1. The fraction of sp³-hybridized carbons (Fsp3) is 0.154. The molecule has 84 valence electrons. The van der Waals surface area contributed by atoms with Crippen LogP contribution in [0.15, 0.2) is 36.7 Å². The quantitative estimate of drug-likeness (QED) is 0.807. The molecule has 4 heteroatoms. The standard InChI is InChI=1S/C13H11N3O/c17-13-6-5-11-12(16-13)4-3-10(15-11)9-2-1-7-14-8-9/h1-4,7-8H,5-6H2,(H,16,17). The first kappa shape index (κ1) is 9.96. The molecule has 2 aromatic heterocycles. The Morgan fingerprint density at radius 3 is 2.94 bits per heavy atom. The van der Waals surface area contributed by atoms with Crippen molar-refractivity contribution in [2.45, 2.75) is 12.8 Å². The van der Waals surface area contributed by atoms with Gasteiger partial charge in [-0.3, -0.25) is 14.8 Å². The van der Waals surface area contributed by atoms with Crippen LogP contribution >= 0.6 is 0 Å². The van der Waals surface area contributed by atoms with Gasteiger partial charge < -0.3 is 5.32 Å². The molecule has 1 aliphatic heterocycles. The van der Waals surface area contributed by atoms with Crippen LogP contribution in [0.4, 0.5) is 5.69 Å². The first-order valence-electron chi connectivity index (χ1n) is 5.53. The van der Waals surface area contributed by atoms with Gasteiger partial charge in [0.05, 0.1) is 17.1 Å². The van der Waals surface area contributed by atoms with Gasteiger partial charge >= 0.3 is 0 Å². The molecule has 0 aromatic carbocycles. The molecule has 1 N–H and O–H groups in total. The third kappa shape index (κ3) is 1.89. The fourth-order valence-corrected chi connectivity index (χ4v) is 1.93. The Bertz CT molecular complexity index is 566. The van der Waals surface area contributed by atoms with Gasteiger partial charge in [-0.2, -0.15) is 0 Å². The van der Waals surface area contributed by atoms with Crippen molar-refractivity contribution in [2.24, 2.45) is 0 Å². The highest BCUT2D eigenvalue weighted by Crippen LogP contribution is 2.24. The van der Waals surface area contributed by atoms with E-state index < -0.39 is 0 Å². The Balaban J connectivity index is 2.02. The molecule has 1 aliphatic rings. The Labute approximate surface area is 98.7 Å². The smallest absolute Gasteiger partial charge is 0.224 e. The number of hydrogen-bond acceptors (Lipinski definition) is 3. The monoisotopic (exact) mass is 225 g/mol. The van der Waals surface area contributed by atoms with Gasteiger partial charge in [-0.05, 0) is 24.3 Å². The lowest BCUT2D eigenvalue weighted by molar-refractivity contribution is -0.116. The molecular weight excluding hydrogens is 214 g/mol. The summed E-state index contributed by atoms with van der Waals surface area (Å²) in [6.45, 7) is 0. The largest absolute Gasteiger partial charge is 0.324 e. The Kier molecular flexibility index (Phi) is 2.33. The van der Waals surface area contributed by atoms with E-state index in [4.69, 9.17) is 0 Å². The Hall–Kier alpha value is -2.23. The maximum Gasteiger partial charge on any atom is 0.224 e. The van der Waals surface area contributed by atoms with E-state index in [0.29, 0.717) is 12.8 Å². The van der Waals surface area contributed by atoms with Gasteiger partial charge in [0.15, 0.2) is 0 Å². The van der Waals surface area contributed by atoms with Crippen LogP contribution in [0.25, 0.3) is 11.3 Å². The van der Waals surface area contributed by atoms with Crippen molar-refractivity contribution in [2.75, 3.05) is 5.32 Å². The summed E-state index contributed by atoms with van der Waals surface area (Å²) in [6.07, 6.45) is 4.74. The van der Waals surface area contributed by atoms with Crippen molar-refractivity contribution < 1.29 is 4.79 Å². The molecule has 2 aromatic rings. The van der Waals surface area contributed by atoms with Gasteiger partial charge in [0.2, 0.25) is 5.91 Å². The summed E-state index contributed by atoms with van der Waals surface area (Å²) in [5.41, 5.74) is 3.67. The van der Waals surface area contributed by atoms with Gasteiger partial charge in [-0.15, -0.1) is 0 Å². The number of carbonyl (C=O) groups excluding carboxylic acids is 1. The van der Waals surface area contributed by atoms with E-state index in [-0.39, 0.29) is 5.91 Å². The Morgan fingerprint density at radius 1 is 1.18 bits per heavy atom. The fourth-order valence-electron chi connectivity index (χ4n) is 1.93. The molecule has 0 unspecified atom stereocenters. The van der Waals surface area contributed by atoms with Gasteiger partial charge in [0.1, 0.15) is 0 Å². The highest BCUT2D eigenvalue weighted by Gasteiger charge is 2.16. The van der Waals surface area contributed by atoms with Crippen molar-refractivity contribution in [3.8, 4) is 11.3 Å². The van der Waals surface area contributed by atoms with E-state index in [0.717, 1.165) is 22.6 Å². The highest BCUT2D eigenvalue weighted by molar-refractivity contribution is 5.93. The molecule has 3 heterocycles. The second-order valence-corrected chi connectivity index (χ2v) is 3.98. The molecular formula is C13H11N3O. The van der Waals surface area contributed by atoms with Crippen molar-refractivity contribution >= 4 is 11.6 Å². The summed E-state index contributed by atoms with van der Waals surface area (Å²) < 4.78 is 0. The zero-order chi connectivity index (χ0) is 11.7. The van der Waals surface area contributed by atoms with Crippen LogP contribution in [0.2, 0.25) is 0 Å². The molecule has 17 heavy (non-hydrogen) atoms. The number of hydrogen-bond donors (Lipinski definition) is 1. The van der Waals surface area contributed by atoms with Crippen LogP contribution < -0.4 is 5.32 Å². The van der Waals surface area contributed by atoms with Crippen molar-refractivity contribution in [1.29, 1.82) is 0 Å². The maximum absolute atomic E-state index is 11.2. The number of aromatic nitrogens is 2. The van der Waals surface area contributed by atoms with Crippen LogP contribution in [-0.4, -0.2) is 15.9 Å². The normalized spacial score (nSPS) is 14.0. The van der Waals surface area contributed by atoms with Crippen LogP contribution in [0.1, 0.15) is 12.1 Å². The zero-order valence-electron chi connectivity index (χ0n) is 9.18. The lowest BCUT2D eigenvalue weighted by Crippen LogP contribution is -2.19. The predicted molar refractivity (Wildman–Crippen MR) is 64.4 cm³/mol. The van der Waals surface area contributed by atoms with Crippen LogP contribution in [0.3, 0.4) is 0 Å². The number of nitrogens with one attached hydrogen (secondary N) is 1. The summed E-state index contributed by atoms with van der Waals surface area (Å²) >= 11 is 0. The average molecular weight is 225 g/mol. The Morgan fingerprint density at radius 2 is 2.12 bits per heavy atom. The van der Waals surface area contributed by atoms with E-state index in [2.05, 4.69) is 15.3 Å². The predicted octanol–water partition coefficient (Wildman–Crippen LogP) is 2.03. The summed E-state index contributed by atoms with van der Waals surface area (Å²) in [5, 5.41) is 2.82. The molecule has 0 saturated heterocycles. The van der Waals surface area contributed by atoms with E-state index in [9.17, 15) is 4.79 Å². The summed E-state index contributed by atoms with van der Waals surface area (Å²) in [6, 6.07) is 7.67. The summed E-state index contributed by atoms with van der Waals surface area (Å²) in [5.74, 6) is 0.0634. The minimum atomic E-state index is 0.0634. The number of rotatable bonds is 1. The van der Waals surface area contributed by atoms with Crippen LogP contribution in [0.5, 0.6) is 0 Å². The third-order valence-electron chi connectivity index (χ3n) is 2.79. The topological polar surface area (TPSA) is 54.9 Å². The van der Waals surface area contributed by atoms with E-state index in [1.54, 1.807) is 12.4 Å². The second-order valence-electron chi connectivity index (χ2n) is 3.98. The molecule has 0 spiro atoms. The van der Waals surface area contributed by atoms with Gasteiger partial charge in [-0.25, -0.2) is 0 Å². The molecule has 1 amide bonds. The molecule has 0 bridgehead atoms. The molecule has 0 atom stereocenters. The summed E-state index contributed by atoms with van der Waals surface area (Å²) in [7, 11) is 0. The summed E-state index contributed by atoms with van der Waals surface area (Å²) in [4.78, 5) is 19.9. The lowest BCUT2D eigenvalue weighted by atomic mass is 10.1. The number of pyridine rings is 2. The number of nitrogens with zero attached hydrogens (tertiary/aromatic N) is 2. The molecule has 3 rings (SSSR count). The van der Waals surface area contributed by atoms with Crippen molar-refractivity contribution in [3.05, 3.63) is 42.4 Å². The first-order chi connectivity index (χ1) is 8.33. The van der Waals surface area contributed by atoms with E-state index in [1.807, 2.05) is 24.3 Å². The van der Waals surface area contributed by atoms with Gasteiger partial charge in [0, 0.05) is 30.8 Å². The maximum atomic E-state index is 11.2. The number of anilines is 1. The van der Waals surface area contributed by atoms with Crippen molar-refractivity contribution in [1.82, 2.24) is 9.97 Å². The zero-order valence-corrected chi connectivity index (χ0v) is 9.18. The second kappa shape index (κ2) is 3.97. The molecule has 4 nitrogen and oxygen atoms in total. The minimum Gasteiger partial charge on any atom is -0.324 e. The van der Waals surface area contributed by atoms with Crippen molar-refractivity contribution in [3.63, 3.8) is 0 Å². The lowest BCUT2D eigenvalue weighted by Gasteiger charge is -2.16. The van der Waals surface area contributed by atoms with Crippen LogP contribution in [-0.2, 0) is 11.2 Å². The third-order valence-corrected chi connectivity index (χ3v) is 2.79. The van der Waals surface area contributed by atoms with E-state index in [1.165, 1.54) is 0 Å². The SMILES string of the molecule is O=C1CCc2nc(-c3cccnc3)ccc2N1. The highest BCUT2D eigenvalue weighted by atomic mass is 16.1. The minimum absolute atomic E-state index is 0.0634. The van der Waals surface area contributed by atoms with Gasteiger partial charge in [0.25, 0.3) is 0 Å². The average Bonchev–Trinajstić information content (AvgIpc) is 2.39. The van der Waals surface area contributed by atoms with E-state index >= 15 is 0 Å². The number of aryl methyl sites for hydroxylation is 1. The molecule has 0 radical (unpaired) electrons. The van der Waals surface area contributed by atoms with Gasteiger partial charge in [-0.1, -0.05) is 0 Å². The molecule has 0 aliphatic carbocycles. The van der Waals surface area contributed by atoms with Crippen LogP contribution in [0, 0.1) is 0 Å². The number of amides is 1. The molecule has 0 saturated carbocycles. The molecule has 0 fully saturated rings. The first-order valence-corrected chi connectivity index (χ1v) is 5.53. The number of carbonyl (C=O) groups is 1.